The number of rotatable bonds is 2. The van der Waals surface area contributed by atoms with Crippen molar-refractivity contribution in [2.24, 2.45) is 0 Å². The summed E-state index contributed by atoms with van der Waals surface area (Å²) in [5.41, 5.74) is 2.66. The van der Waals surface area contributed by atoms with Gasteiger partial charge in [0.2, 0.25) is 5.91 Å². The van der Waals surface area contributed by atoms with E-state index in [-0.39, 0.29) is 6.04 Å². The molecule has 1 saturated heterocycles. The molecule has 1 aromatic rings. The lowest BCUT2D eigenvalue weighted by Gasteiger charge is -2.31. The summed E-state index contributed by atoms with van der Waals surface area (Å²) in [6, 6.07) is 8.87. The third-order valence-corrected chi connectivity index (χ3v) is 4.51. The van der Waals surface area contributed by atoms with Crippen LogP contribution in [0.2, 0.25) is 0 Å². The van der Waals surface area contributed by atoms with E-state index in [1.807, 2.05) is 0 Å². The molecule has 2 heterocycles. The molecule has 2 aliphatic rings. The fourth-order valence-corrected chi connectivity index (χ4v) is 3.38. The highest BCUT2D eigenvalue weighted by Gasteiger charge is 2.33. The van der Waals surface area contributed by atoms with Crippen LogP contribution in [0.4, 0.5) is 0 Å². The molecular formula is C16H22N2O. The highest BCUT2D eigenvalue weighted by molar-refractivity contribution is 5.83. The second-order valence-corrected chi connectivity index (χ2v) is 5.64. The van der Waals surface area contributed by atoms with Gasteiger partial charge in [0.05, 0.1) is 6.04 Å². The van der Waals surface area contributed by atoms with Gasteiger partial charge < -0.3 is 10.2 Å². The normalized spacial score (nSPS) is 26.3. The lowest BCUT2D eigenvalue weighted by atomic mass is 9.95. The monoisotopic (exact) mass is 258 g/mol. The number of carbonyl (C=O) groups excluding carboxylic acids is 1. The highest BCUT2D eigenvalue weighted by Crippen LogP contribution is 2.23. The first-order chi connectivity index (χ1) is 9.29. The molecule has 0 spiro atoms. The first kappa shape index (κ1) is 12.7. The molecular weight excluding hydrogens is 236 g/mol. The molecule has 2 atom stereocenters. The maximum atomic E-state index is 12.6. The zero-order valence-corrected chi connectivity index (χ0v) is 11.6. The molecule has 1 N–H and O–H groups in total. The summed E-state index contributed by atoms with van der Waals surface area (Å²) in [6.07, 6.45) is 4.25. The summed E-state index contributed by atoms with van der Waals surface area (Å²) >= 11 is 0. The van der Waals surface area contributed by atoms with Gasteiger partial charge in [0.15, 0.2) is 0 Å². The van der Waals surface area contributed by atoms with Crippen molar-refractivity contribution in [1.29, 1.82) is 0 Å². The maximum absolute atomic E-state index is 12.6. The number of hydrogen-bond acceptors (Lipinski definition) is 2. The quantitative estimate of drug-likeness (QED) is 0.881. The molecule has 1 amide bonds. The van der Waals surface area contributed by atoms with E-state index in [1.165, 1.54) is 17.5 Å². The van der Waals surface area contributed by atoms with Gasteiger partial charge >= 0.3 is 0 Å². The predicted octanol–water partition coefficient (Wildman–Crippen LogP) is 2.10. The fourth-order valence-electron chi connectivity index (χ4n) is 3.38. The minimum atomic E-state index is -0.0259. The van der Waals surface area contributed by atoms with Gasteiger partial charge in [-0.1, -0.05) is 31.2 Å². The summed E-state index contributed by atoms with van der Waals surface area (Å²) in [7, 11) is 0. The van der Waals surface area contributed by atoms with E-state index in [2.05, 4.69) is 41.4 Å². The van der Waals surface area contributed by atoms with Crippen molar-refractivity contribution in [1.82, 2.24) is 10.2 Å². The topological polar surface area (TPSA) is 32.3 Å². The van der Waals surface area contributed by atoms with Crippen LogP contribution >= 0.6 is 0 Å². The van der Waals surface area contributed by atoms with Crippen LogP contribution in [0.25, 0.3) is 0 Å². The lowest BCUT2D eigenvalue weighted by Crippen LogP contribution is -2.50. The molecule has 2 aliphatic heterocycles. The molecule has 3 nitrogen and oxygen atoms in total. The van der Waals surface area contributed by atoms with Crippen molar-refractivity contribution in [2.75, 3.05) is 6.54 Å². The molecule has 3 rings (SSSR count). The van der Waals surface area contributed by atoms with Crippen LogP contribution < -0.4 is 5.32 Å². The maximum Gasteiger partial charge on any atom is 0.240 e. The van der Waals surface area contributed by atoms with Crippen molar-refractivity contribution in [3.05, 3.63) is 35.4 Å². The standard InChI is InChI=1S/C16H22N2O/c1-2-14-8-5-9-18(14)16(19)15-10-12-6-3-4-7-13(12)11-17-15/h3-4,6-7,14-15,17H,2,5,8-11H2,1H3. The van der Waals surface area contributed by atoms with Crippen LogP contribution in [0.3, 0.4) is 0 Å². The third-order valence-electron chi connectivity index (χ3n) is 4.51. The molecule has 0 radical (unpaired) electrons. The Morgan fingerprint density at radius 2 is 2.16 bits per heavy atom. The number of benzene rings is 1. The highest BCUT2D eigenvalue weighted by atomic mass is 16.2. The van der Waals surface area contributed by atoms with Gasteiger partial charge in [-0.15, -0.1) is 0 Å². The minimum absolute atomic E-state index is 0.0259. The number of carbonyl (C=O) groups is 1. The Labute approximate surface area is 115 Å². The zero-order chi connectivity index (χ0) is 13.2. The minimum Gasteiger partial charge on any atom is -0.338 e. The first-order valence-electron chi connectivity index (χ1n) is 7.40. The summed E-state index contributed by atoms with van der Waals surface area (Å²) < 4.78 is 0. The van der Waals surface area contributed by atoms with E-state index < -0.39 is 0 Å². The van der Waals surface area contributed by atoms with Crippen molar-refractivity contribution < 1.29 is 4.79 Å². The largest absolute Gasteiger partial charge is 0.338 e. The Morgan fingerprint density at radius 3 is 2.95 bits per heavy atom. The Hall–Kier alpha value is -1.35. The average molecular weight is 258 g/mol. The molecule has 0 aromatic heterocycles. The van der Waals surface area contributed by atoms with Crippen molar-refractivity contribution in [3.8, 4) is 0 Å². The zero-order valence-electron chi connectivity index (χ0n) is 11.6. The number of nitrogens with one attached hydrogen (secondary N) is 1. The molecule has 2 unspecified atom stereocenters. The van der Waals surface area contributed by atoms with Crippen LogP contribution in [-0.4, -0.2) is 29.4 Å². The van der Waals surface area contributed by atoms with Crippen LogP contribution in [0.5, 0.6) is 0 Å². The van der Waals surface area contributed by atoms with Crippen LogP contribution in [0.15, 0.2) is 24.3 Å². The summed E-state index contributed by atoms with van der Waals surface area (Å²) in [4.78, 5) is 14.7. The van der Waals surface area contributed by atoms with Gasteiger partial charge in [-0.25, -0.2) is 0 Å². The smallest absolute Gasteiger partial charge is 0.240 e. The van der Waals surface area contributed by atoms with E-state index in [9.17, 15) is 4.79 Å². The number of hydrogen-bond donors (Lipinski definition) is 1. The molecule has 0 bridgehead atoms. The SMILES string of the molecule is CCC1CCCN1C(=O)C1Cc2ccccc2CN1. The predicted molar refractivity (Wildman–Crippen MR) is 75.8 cm³/mol. The van der Waals surface area contributed by atoms with Gasteiger partial charge in [0, 0.05) is 19.1 Å². The Bertz CT molecular complexity index is 472. The second kappa shape index (κ2) is 5.33. The van der Waals surface area contributed by atoms with E-state index in [0.29, 0.717) is 11.9 Å². The number of likely N-dealkylation sites (tertiary alicyclic amines) is 1. The summed E-state index contributed by atoms with van der Waals surface area (Å²) in [5, 5.41) is 3.41. The molecule has 1 fully saturated rings. The molecule has 3 heteroatoms. The summed E-state index contributed by atoms with van der Waals surface area (Å²) in [6.45, 7) is 3.94. The van der Waals surface area contributed by atoms with E-state index in [0.717, 1.165) is 32.4 Å². The van der Waals surface area contributed by atoms with E-state index in [4.69, 9.17) is 0 Å². The average Bonchev–Trinajstić information content (AvgIpc) is 2.94. The molecule has 102 valence electrons. The number of nitrogens with zero attached hydrogens (tertiary/aromatic N) is 1. The van der Waals surface area contributed by atoms with Crippen molar-refractivity contribution in [3.63, 3.8) is 0 Å². The molecule has 1 aromatic carbocycles. The van der Waals surface area contributed by atoms with Gasteiger partial charge in [-0.3, -0.25) is 4.79 Å². The Kier molecular flexibility index (Phi) is 3.56. The number of amides is 1. The van der Waals surface area contributed by atoms with Crippen LogP contribution in [0.1, 0.15) is 37.3 Å². The third kappa shape index (κ3) is 2.39. The van der Waals surface area contributed by atoms with Gasteiger partial charge in [-0.05, 0) is 36.8 Å². The van der Waals surface area contributed by atoms with Crippen LogP contribution in [-0.2, 0) is 17.8 Å². The van der Waals surface area contributed by atoms with Crippen LogP contribution in [0, 0.1) is 0 Å². The second-order valence-electron chi connectivity index (χ2n) is 5.64. The van der Waals surface area contributed by atoms with Gasteiger partial charge in [0.1, 0.15) is 0 Å². The van der Waals surface area contributed by atoms with Crippen molar-refractivity contribution >= 4 is 5.91 Å². The molecule has 0 saturated carbocycles. The summed E-state index contributed by atoms with van der Waals surface area (Å²) in [5.74, 6) is 0.304. The Balaban J connectivity index is 1.72. The fraction of sp³-hybridized carbons (Fsp3) is 0.562. The van der Waals surface area contributed by atoms with Gasteiger partial charge in [-0.2, -0.15) is 0 Å². The molecule has 19 heavy (non-hydrogen) atoms. The first-order valence-corrected chi connectivity index (χ1v) is 7.40. The number of fused-ring (bicyclic) bond motifs is 1. The molecule has 0 aliphatic carbocycles. The van der Waals surface area contributed by atoms with E-state index in [1.54, 1.807) is 0 Å². The lowest BCUT2D eigenvalue weighted by molar-refractivity contribution is -0.134. The van der Waals surface area contributed by atoms with Gasteiger partial charge in [0.25, 0.3) is 0 Å². The van der Waals surface area contributed by atoms with E-state index >= 15 is 0 Å². The Morgan fingerprint density at radius 1 is 1.37 bits per heavy atom. The van der Waals surface area contributed by atoms with Crippen molar-refractivity contribution in [2.45, 2.75) is 51.2 Å².